The van der Waals surface area contributed by atoms with E-state index in [0.29, 0.717) is 17.7 Å². The minimum absolute atomic E-state index is 0.130. The number of piperidine rings is 1. The number of imide groups is 1. The quantitative estimate of drug-likeness (QED) is 0.623. The fraction of sp³-hybridized carbons (Fsp3) is 0.500. The van der Waals surface area contributed by atoms with E-state index < -0.39 is 0 Å². The maximum absolute atomic E-state index is 12.3. The van der Waals surface area contributed by atoms with E-state index in [1.807, 2.05) is 12.1 Å². The van der Waals surface area contributed by atoms with E-state index in [1.165, 1.54) is 24.2 Å². The standard InChI is InChI=1S/C16H21N2O2/c1-18(10-5-2-6-11-18)12-9-17-15(19)13-7-3-4-8-14(13)16(17)20/h3-4,7-8H,2,5-6,9-12H2,1H3/q+1. The van der Waals surface area contributed by atoms with Crippen molar-refractivity contribution in [1.82, 2.24) is 4.90 Å². The van der Waals surface area contributed by atoms with Crippen molar-refractivity contribution < 1.29 is 14.1 Å². The molecule has 0 aliphatic carbocycles. The predicted molar refractivity (Wildman–Crippen MR) is 76.4 cm³/mol. The lowest BCUT2D eigenvalue weighted by molar-refractivity contribution is -0.913. The Morgan fingerprint density at radius 2 is 1.55 bits per heavy atom. The van der Waals surface area contributed by atoms with Crippen LogP contribution in [-0.2, 0) is 0 Å². The van der Waals surface area contributed by atoms with Crippen LogP contribution in [0, 0.1) is 0 Å². The molecule has 0 radical (unpaired) electrons. The van der Waals surface area contributed by atoms with Gasteiger partial charge in [-0.15, -0.1) is 0 Å². The van der Waals surface area contributed by atoms with Crippen molar-refractivity contribution in [2.24, 2.45) is 0 Å². The molecular weight excluding hydrogens is 252 g/mol. The van der Waals surface area contributed by atoms with Crippen molar-refractivity contribution in [2.75, 3.05) is 33.2 Å². The van der Waals surface area contributed by atoms with Gasteiger partial charge in [-0.25, -0.2) is 0 Å². The number of quaternary nitrogens is 1. The Morgan fingerprint density at radius 3 is 2.10 bits per heavy atom. The van der Waals surface area contributed by atoms with Crippen molar-refractivity contribution in [2.45, 2.75) is 19.3 Å². The maximum atomic E-state index is 12.3. The van der Waals surface area contributed by atoms with Crippen LogP contribution in [0.15, 0.2) is 24.3 Å². The van der Waals surface area contributed by atoms with Gasteiger partial charge < -0.3 is 4.48 Å². The second-order valence-corrected chi connectivity index (χ2v) is 6.16. The summed E-state index contributed by atoms with van der Waals surface area (Å²) in [7, 11) is 2.23. The molecule has 1 saturated heterocycles. The molecule has 0 spiro atoms. The highest BCUT2D eigenvalue weighted by Crippen LogP contribution is 2.23. The molecular formula is C16H21N2O2+. The van der Waals surface area contributed by atoms with Crippen LogP contribution in [-0.4, -0.2) is 54.4 Å². The number of likely N-dealkylation sites (tertiary alicyclic amines) is 1. The molecule has 2 aliphatic heterocycles. The number of fused-ring (bicyclic) bond motifs is 1. The van der Waals surface area contributed by atoms with Gasteiger partial charge in [0.25, 0.3) is 11.8 Å². The minimum Gasteiger partial charge on any atom is -0.325 e. The van der Waals surface area contributed by atoms with Crippen molar-refractivity contribution in [3.8, 4) is 0 Å². The van der Waals surface area contributed by atoms with Gasteiger partial charge in [-0.3, -0.25) is 14.5 Å². The van der Waals surface area contributed by atoms with E-state index in [1.54, 1.807) is 12.1 Å². The van der Waals surface area contributed by atoms with E-state index in [2.05, 4.69) is 7.05 Å². The second-order valence-electron chi connectivity index (χ2n) is 6.16. The SMILES string of the molecule is C[N+]1(CCN2C(=O)c3ccccc3C2=O)CCCCC1. The Morgan fingerprint density at radius 1 is 1.00 bits per heavy atom. The molecule has 1 aromatic carbocycles. The maximum Gasteiger partial charge on any atom is 0.261 e. The topological polar surface area (TPSA) is 37.4 Å². The van der Waals surface area contributed by atoms with Crippen LogP contribution < -0.4 is 0 Å². The highest BCUT2D eigenvalue weighted by molar-refractivity contribution is 6.21. The molecule has 4 nitrogen and oxygen atoms in total. The van der Waals surface area contributed by atoms with Crippen LogP contribution in [0.3, 0.4) is 0 Å². The second kappa shape index (κ2) is 5.02. The fourth-order valence-electron chi connectivity index (χ4n) is 3.28. The van der Waals surface area contributed by atoms with Crippen molar-refractivity contribution in [3.63, 3.8) is 0 Å². The van der Waals surface area contributed by atoms with Gasteiger partial charge in [-0.2, -0.15) is 0 Å². The zero-order chi connectivity index (χ0) is 14.2. The van der Waals surface area contributed by atoms with Crippen LogP contribution in [0.4, 0.5) is 0 Å². The zero-order valence-electron chi connectivity index (χ0n) is 12.0. The largest absolute Gasteiger partial charge is 0.325 e. The number of benzene rings is 1. The van der Waals surface area contributed by atoms with Gasteiger partial charge in [0.15, 0.2) is 0 Å². The van der Waals surface area contributed by atoms with E-state index in [9.17, 15) is 9.59 Å². The van der Waals surface area contributed by atoms with Crippen LogP contribution in [0.5, 0.6) is 0 Å². The van der Waals surface area contributed by atoms with Gasteiger partial charge in [0.1, 0.15) is 0 Å². The van der Waals surface area contributed by atoms with E-state index in [-0.39, 0.29) is 11.8 Å². The number of carbonyl (C=O) groups excluding carboxylic acids is 2. The van der Waals surface area contributed by atoms with Gasteiger partial charge in [0, 0.05) is 0 Å². The summed E-state index contributed by atoms with van der Waals surface area (Å²) in [4.78, 5) is 26.0. The first-order chi connectivity index (χ1) is 9.61. The van der Waals surface area contributed by atoms with Crippen LogP contribution >= 0.6 is 0 Å². The summed E-state index contributed by atoms with van der Waals surface area (Å²) in [5.74, 6) is -0.261. The van der Waals surface area contributed by atoms with E-state index >= 15 is 0 Å². The number of rotatable bonds is 3. The highest BCUT2D eigenvalue weighted by Gasteiger charge is 2.36. The summed E-state index contributed by atoms with van der Waals surface area (Å²) in [6.07, 6.45) is 3.80. The summed E-state index contributed by atoms with van der Waals surface area (Å²) < 4.78 is 0.980. The molecule has 1 aromatic rings. The third kappa shape index (κ3) is 2.24. The molecule has 0 N–H and O–H groups in total. The molecule has 2 amide bonds. The molecule has 0 unspecified atom stereocenters. The monoisotopic (exact) mass is 273 g/mol. The molecule has 2 aliphatic rings. The van der Waals surface area contributed by atoms with Gasteiger partial charge in [-0.1, -0.05) is 12.1 Å². The molecule has 0 bridgehead atoms. The zero-order valence-corrected chi connectivity index (χ0v) is 12.0. The first-order valence-corrected chi connectivity index (χ1v) is 7.39. The van der Waals surface area contributed by atoms with Gasteiger partial charge in [0.2, 0.25) is 0 Å². The average Bonchev–Trinajstić information content (AvgIpc) is 2.70. The lowest BCUT2D eigenvalue weighted by atomic mass is 10.1. The Balaban J connectivity index is 1.70. The van der Waals surface area contributed by atoms with Gasteiger partial charge in [-0.05, 0) is 31.4 Å². The summed E-state index contributed by atoms with van der Waals surface area (Å²) in [6, 6.07) is 7.11. The molecule has 0 saturated carbocycles. The Bertz CT molecular complexity index is 512. The molecule has 3 rings (SSSR count). The summed E-state index contributed by atoms with van der Waals surface area (Å²) in [5, 5.41) is 0. The Kier molecular flexibility index (Phi) is 3.34. The third-order valence-corrected chi connectivity index (χ3v) is 4.64. The van der Waals surface area contributed by atoms with Crippen molar-refractivity contribution in [1.29, 1.82) is 0 Å². The fourth-order valence-corrected chi connectivity index (χ4v) is 3.28. The molecule has 2 heterocycles. The molecule has 0 aromatic heterocycles. The van der Waals surface area contributed by atoms with Gasteiger partial charge in [0.05, 0.1) is 44.4 Å². The Labute approximate surface area is 119 Å². The predicted octanol–water partition coefficient (Wildman–Crippen LogP) is 1.91. The molecule has 106 valence electrons. The minimum atomic E-state index is -0.130. The first kappa shape index (κ1) is 13.3. The van der Waals surface area contributed by atoms with Crippen molar-refractivity contribution in [3.05, 3.63) is 35.4 Å². The molecule has 0 atom stereocenters. The number of nitrogens with zero attached hydrogens (tertiary/aromatic N) is 2. The molecule has 1 fully saturated rings. The highest BCUT2D eigenvalue weighted by atomic mass is 16.2. The normalized spacial score (nSPS) is 21.1. The van der Waals surface area contributed by atoms with Crippen LogP contribution in [0.25, 0.3) is 0 Å². The Hall–Kier alpha value is -1.68. The number of carbonyl (C=O) groups is 2. The lowest BCUT2D eigenvalue weighted by Gasteiger charge is -2.38. The average molecular weight is 273 g/mol. The molecule has 4 heteroatoms. The lowest BCUT2D eigenvalue weighted by Crippen LogP contribution is -2.52. The van der Waals surface area contributed by atoms with Gasteiger partial charge >= 0.3 is 0 Å². The summed E-state index contributed by atoms with van der Waals surface area (Å²) in [5.41, 5.74) is 1.11. The number of hydrogen-bond acceptors (Lipinski definition) is 2. The summed E-state index contributed by atoms with van der Waals surface area (Å²) in [6.45, 7) is 3.71. The smallest absolute Gasteiger partial charge is 0.261 e. The molecule has 20 heavy (non-hydrogen) atoms. The van der Waals surface area contributed by atoms with Crippen LogP contribution in [0.1, 0.15) is 40.0 Å². The van der Waals surface area contributed by atoms with Crippen LogP contribution in [0.2, 0.25) is 0 Å². The third-order valence-electron chi connectivity index (χ3n) is 4.64. The number of amides is 2. The number of likely N-dealkylation sites (N-methyl/N-ethyl adjacent to an activating group) is 1. The number of hydrogen-bond donors (Lipinski definition) is 0. The summed E-state index contributed by atoms with van der Waals surface area (Å²) >= 11 is 0. The van der Waals surface area contributed by atoms with E-state index in [4.69, 9.17) is 0 Å². The van der Waals surface area contributed by atoms with E-state index in [0.717, 1.165) is 24.1 Å². The van der Waals surface area contributed by atoms with Crippen molar-refractivity contribution >= 4 is 11.8 Å². The first-order valence-electron chi connectivity index (χ1n) is 7.39.